The van der Waals surface area contributed by atoms with Crippen LogP contribution in [0, 0.1) is 0 Å². The number of fused-ring (bicyclic) bond motifs is 1. The van der Waals surface area contributed by atoms with Gasteiger partial charge in [0.1, 0.15) is 16.9 Å². The standard InChI is InChI=1S/C17H14O7.ClH/c1-22-14-3-8(4-15(23-2)16(14)21)17-12(20)7-10-11(19)5-9(18)6-13(10)24-17;/h3-7H,1-2H3,(H3-,18,19,20,21);1H/i1D3,2D3;. The highest BCUT2D eigenvalue weighted by Crippen LogP contribution is 2.44. The molecule has 0 amide bonds. The highest BCUT2D eigenvalue weighted by molar-refractivity contribution is 5.88. The van der Waals surface area contributed by atoms with E-state index in [0.717, 1.165) is 30.3 Å². The zero-order valence-electron chi connectivity index (χ0n) is 18.3. The molecular weight excluding hydrogens is 352 g/mol. The van der Waals surface area contributed by atoms with Gasteiger partial charge in [0, 0.05) is 24.3 Å². The SMILES string of the molecule is [2H]C([2H])([2H])Oc1cc(-c2[o+]c3cc(O)cc(O)c3cc2O)cc(OC([2H])([2H])[2H])c1O.[Cl-]. The molecule has 0 aliphatic heterocycles. The molecule has 3 aromatic rings. The van der Waals surface area contributed by atoms with E-state index < -0.39 is 37.1 Å². The molecule has 0 atom stereocenters. The van der Waals surface area contributed by atoms with Crippen LogP contribution in [0.5, 0.6) is 34.5 Å². The third-order valence-corrected chi connectivity index (χ3v) is 3.35. The first-order valence-electron chi connectivity index (χ1n) is 9.51. The molecule has 1 heterocycles. The first kappa shape index (κ1) is 11.5. The second-order valence-electron chi connectivity index (χ2n) is 4.86. The van der Waals surface area contributed by atoms with Crippen molar-refractivity contribution in [2.24, 2.45) is 0 Å². The molecule has 0 bridgehead atoms. The van der Waals surface area contributed by atoms with Gasteiger partial charge >= 0.3 is 11.3 Å². The van der Waals surface area contributed by atoms with Crippen molar-refractivity contribution in [2.45, 2.75) is 0 Å². The summed E-state index contributed by atoms with van der Waals surface area (Å²) in [6.45, 7) is 0. The average molecular weight is 373 g/mol. The summed E-state index contributed by atoms with van der Waals surface area (Å²) in [7, 11) is -5.99. The van der Waals surface area contributed by atoms with E-state index in [1.807, 2.05) is 0 Å². The second kappa shape index (κ2) is 6.82. The van der Waals surface area contributed by atoms with Crippen molar-refractivity contribution in [1.82, 2.24) is 0 Å². The van der Waals surface area contributed by atoms with Crippen molar-refractivity contribution in [1.29, 1.82) is 0 Å². The fourth-order valence-electron chi connectivity index (χ4n) is 2.27. The zero-order chi connectivity index (χ0) is 22.4. The van der Waals surface area contributed by atoms with Crippen molar-refractivity contribution >= 4 is 11.0 Å². The summed E-state index contributed by atoms with van der Waals surface area (Å²) < 4.78 is 58.2. The van der Waals surface area contributed by atoms with Crippen LogP contribution in [-0.2, 0) is 0 Å². The zero-order valence-corrected chi connectivity index (χ0v) is 13.0. The Labute approximate surface area is 157 Å². The van der Waals surface area contributed by atoms with E-state index >= 15 is 0 Å². The van der Waals surface area contributed by atoms with Crippen molar-refractivity contribution < 1.29 is 54.9 Å². The van der Waals surface area contributed by atoms with Gasteiger partial charge in [-0.25, -0.2) is 4.42 Å². The molecule has 0 aliphatic rings. The molecule has 0 unspecified atom stereocenters. The second-order valence-corrected chi connectivity index (χ2v) is 4.86. The molecule has 0 saturated heterocycles. The molecule has 0 saturated carbocycles. The predicted molar refractivity (Wildman–Crippen MR) is 85.8 cm³/mol. The topological polar surface area (TPSA) is 111 Å². The van der Waals surface area contributed by atoms with E-state index in [1.54, 1.807) is 0 Å². The number of hydrogen-bond acceptors (Lipinski definition) is 6. The van der Waals surface area contributed by atoms with E-state index in [9.17, 15) is 20.4 Å². The van der Waals surface area contributed by atoms with E-state index in [4.69, 9.17) is 22.1 Å². The first-order chi connectivity index (χ1) is 13.7. The van der Waals surface area contributed by atoms with Gasteiger partial charge in [-0.2, -0.15) is 0 Å². The molecule has 0 aliphatic carbocycles. The van der Waals surface area contributed by atoms with Crippen LogP contribution < -0.4 is 21.9 Å². The van der Waals surface area contributed by atoms with Crippen molar-refractivity contribution in [3.05, 3.63) is 30.3 Å². The number of methoxy groups -OCH3 is 2. The Balaban J connectivity index is 0.00000341. The van der Waals surface area contributed by atoms with Gasteiger partial charge in [-0.05, 0) is 0 Å². The predicted octanol–water partition coefficient (Wildman–Crippen LogP) is 0.225. The Bertz CT molecular complexity index is 1090. The molecule has 0 radical (unpaired) electrons. The van der Waals surface area contributed by atoms with Gasteiger partial charge in [-0.1, -0.05) is 0 Å². The van der Waals surface area contributed by atoms with Crippen LogP contribution in [0.2, 0.25) is 0 Å². The number of hydrogen-bond donors (Lipinski definition) is 4. The van der Waals surface area contributed by atoms with Gasteiger partial charge < -0.3 is 42.3 Å². The Morgan fingerprint density at radius 3 is 2.12 bits per heavy atom. The van der Waals surface area contributed by atoms with Crippen LogP contribution in [0.1, 0.15) is 8.22 Å². The van der Waals surface area contributed by atoms with E-state index in [-0.39, 0.29) is 46.2 Å². The van der Waals surface area contributed by atoms with Gasteiger partial charge in [-0.15, -0.1) is 0 Å². The number of ether oxygens (including phenoxy) is 2. The smallest absolute Gasteiger partial charge is 0.402 e. The number of rotatable bonds is 3. The van der Waals surface area contributed by atoms with Crippen molar-refractivity contribution in [3.8, 4) is 45.8 Å². The summed E-state index contributed by atoms with van der Waals surface area (Å²) in [6.07, 6.45) is 0. The lowest BCUT2D eigenvalue weighted by Crippen LogP contribution is -3.00. The first-order valence-corrected chi connectivity index (χ1v) is 6.51. The fourth-order valence-corrected chi connectivity index (χ4v) is 2.27. The molecule has 3 rings (SSSR count). The van der Waals surface area contributed by atoms with Crippen LogP contribution in [0.25, 0.3) is 22.3 Å². The molecule has 4 N–H and O–H groups in total. The molecule has 7 nitrogen and oxygen atoms in total. The normalized spacial score (nSPS) is 14.9. The molecule has 0 spiro atoms. The van der Waals surface area contributed by atoms with Crippen molar-refractivity contribution in [3.63, 3.8) is 0 Å². The fraction of sp³-hybridized carbons (Fsp3) is 0.118. The van der Waals surface area contributed by atoms with Crippen LogP contribution in [0.3, 0.4) is 0 Å². The molecule has 2 aromatic carbocycles. The molecule has 1 aromatic heterocycles. The van der Waals surface area contributed by atoms with Crippen molar-refractivity contribution in [2.75, 3.05) is 14.1 Å². The van der Waals surface area contributed by atoms with Gasteiger partial charge in [0.15, 0.2) is 11.5 Å². The third kappa shape index (κ3) is 3.14. The van der Waals surface area contributed by atoms with Gasteiger partial charge in [0.25, 0.3) is 0 Å². The number of benzene rings is 2. The monoisotopic (exact) mass is 372 g/mol. The Morgan fingerprint density at radius 2 is 1.52 bits per heavy atom. The third-order valence-electron chi connectivity index (χ3n) is 3.35. The highest BCUT2D eigenvalue weighted by atomic mass is 35.5. The van der Waals surface area contributed by atoms with E-state index in [1.165, 1.54) is 0 Å². The van der Waals surface area contributed by atoms with Crippen LogP contribution in [-0.4, -0.2) is 34.5 Å². The summed E-state index contributed by atoms with van der Waals surface area (Å²) in [5, 5.41) is 40.1. The largest absolute Gasteiger partial charge is 1.00 e. The molecule has 25 heavy (non-hydrogen) atoms. The lowest BCUT2D eigenvalue weighted by molar-refractivity contribution is -0.00000966. The Morgan fingerprint density at radius 1 is 0.880 bits per heavy atom. The van der Waals surface area contributed by atoms with Crippen LogP contribution in [0.15, 0.2) is 34.7 Å². The molecule has 132 valence electrons. The minimum Gasteiger partial charge on any atom is -1.00 e. The maximum Gasteiger partial charge on any atom is 0.402 e. The lowest BCUT2D eigenvalue weighted by Gasteiger charge is -2.09. The summed E-state index contributed by atoms with van der Waals surface area (Å²) >= 11 is 0. The summed E-state index contributed by atoms with van der Waals surface area (Å²) in [5.74, 6) is -3.72. The quantitative estimate of drug-likeness (QED) is 0.487. The molecule has 0 fully saturated rings. The van der Waals surface area contributed by atoms with Gasteiger partial charge in [-0.3, -0.25) is 0 Å². The van der Waals surface area contributed by atoms with E-state index in [2.05, 4.69) is 0 Å². The average Bonchev–Trinajstić information content (AvgIpc) is 2.56. The minimum atomic E-state index is -2.99. The number of aromatic hydroxyl groups is 4. The van der Waals surface area contributed by atoms with Gasteiger partial charge in [0.2, 0.25) is 11.5 Å². The number of halogens is 1. The maximum atomic E-state index is 10.3. The number of phenols is 3. The van der Waals surface area contributed by atoms with Crippen LogP contribution in [0.4, 0.5) is 0 Å². The molecular formula is C17H15ClO7. The van der Waals surface area contributed by atoms with Gasteiger partial charge in [0.05, 0.1) is 33.9 Å². The lowest BCUT2D eigenvalue weighted by atomic mass is 10.1. The number of phenolic OH excluding ortho intramolecular Hbond substituents is 3. The Hall–Kier alpha value is -3.06. The summed E-state index contributed by atoms with van der Waals surface area (Å²) in [5.41, 5.74) is -0.168. The highest BCUT2D eigenvalue weighted by Gasteiger charge is 2.26. The maximum absolute atomic E-state index is 10.3. The Kier molecular flexibility index (Phi) is 3.13. The minimum absolute atomic E-state index is 0. The van der Waals surface area contributed by atoms with Crippen LogP contribution >= 0.6 is 0 Å². The summed E-state index contributed by atoms with van der Waals surface area (Å²) in [4.78, 5) is 0. The summed E-state index contributed by atoms with van der Waals surface area (Å²) in [6, 6.07) is 5.27. The van der Waals surface area contributed by atoms with E-state index in [0.29, 0.717) is 0 Å². The molecule has 8 heteroatoms.